The van der Waals surface area contributed by atoms with E-state index in [9.17, 15) is 22.0 Å². The molecule has 0 aliphatic carbocycles. The van der Waals surface area contributed by atoms with Crippen LogP contribution in [0.4, 0.5) is 14.5 Å². The van der Waals surface area contributed by atoms with Gasteiger partial charge in [0.15, 0.2) is 0 Å². The Morgan fingerprint density at radius 3 is 2.56 bits per heavy atom. The van der Waals surface area contributed by atoms with Gasteiger partial charge in [-0.3, -0.25) is 4.79 Å². The number of fused-ring (bicyclic) bond motifs is 3. The van der Waals surface area contributed by atoms with E-state index in [0.717, 1.165) is 0 Å². The maximum absolute atomic E-state index is 13.1. The predicted molar refractivity (Wildman–Crippen MR) is 123 cm³/mol. The molecule has 2 N–H and O–H groups in total. The Labute approximate surface area is 195 Å². The highest BCUT2D eigenvalue weighted by molar-refractivity contribution is 7.88. The average molecular weight is 489 g/mol. The number of carbonyl (C=O) groups is 1. The van der Waals surface area contributed by atoms with Gasteiger partial charge in [-0.05, 0) is 41.0 Å². The maximum Gasteiger partial charge on any atom is 0.387 e. The molecule has 1 aliphatic heterocycles. The Bertz CT molecular complexity index is 1360. The van der Waals surface area contributed by atoms with Gasteiger partial charge in [-0.15, -0.1) is 0 Å². The summed E-state index contributed by atoms with van der Waals surface area (Å²) in [5.41, 5.74) is 3.20. The lowest BCUT2D eigenvalue weighted by molar-refractivity contribution is -0.116. The van der Waals surface area contributed by atoms with E-state index in [4.69, 9.17) is 14.6 Å². The van der Waals surface area contributed by atoms with Gasteiger partial charge in [-0.25, -0.2) is 13.6 Å². The summed E-state index contributed by atoms with van der Waals surface area (Å²) in [7, 11) is -2.16. The number of halogens is 2. The van der Waals surface area contributed by atoms with Crippen molar-refractivity contribution in [1.29, 1.82) is 0 Å². The molecular weight excluding hydrogens is 466 g/mol. The summed E-state index contributed by atoms with van der Waals surface area (Å²) in [6.07, 6.45) is -0.704. The van der Waals surface area contributed by atoms with E-state index in [1.807, 2.05) is 6.07 Å². The van der Waals surface area contributed by atoms with Crippen molar-refractivity contribution in [2.45, 2.75) is 25.4 Å². The van der Waals surface area contributed by atoms with Gasteiger partial charge in [-0.2, -0.15) is 8.78 Å². The van der Waals surface area contributed by atoms with Gasteiger partial charge in [0.05, 0.1) is 11.3 Å². The third kappa shape index (κ3) is 4.87. The van der Waals surface area contributed by atoms with Crippen molar-refractivity contribution in [3.05, 3.63) is 77.4 Å². The Morgan fingerprint density at radius 1 is 1.15 bits per heavy atom. The summed E-state index contributed by atoms with van der Waals surface area (Å²) < 4.78 is 60.5. The molecule has 1 unspecified atom stereocenters. The fourth-order valence-electron chi connectivity index (χ4n) is 3.96. The van der Waals surface area contributed by atoms with Crippen molar-refractivity contribution in [2.24, 2.45) is 5.14 Å². The fourth-order valence-corrected chi connectivity index (χ4v) is 4.61. The van der Waals surface area contributed by atoms with E-state index in [1.54, 1.807) is 55.6 Å². The molecule has 3 aromatic carbocycles. The molecule has 178 valence electrons. The summed E-state index contributed by atoms with van der Waals surface area (Å²) in [5.74, 6) is -0.282. The topological polar surface area (TPSA) is 98.9 Å². The van der Waals surface area contributed by atoms with Crippen molar-refractivity contribution in [1.82, 2.24) is 0 Å². The normalized spacial score (nSPS) is 14.7. The molecule has 1 amide bonds. The largest absolute Gasteiger partial charge is 0.480 e. The van der Waals surface area contributed by atoms with Crippen molar-refractivity contribution in [3.63, 3.8) is 0 Å². The number of ether oxygens (including phenoxy) is 2. The fraction of sp³-hybridized carbons (Fsp3) is 0.208. The number of hydrogen-bond acceptors (Lipinski definition) is 5. The molecule has 1 atom stereocenters. The van der Waals surface area contributed by atoms with Gasteiger partial charge >= 0.3 is 6.61 Å². The number of hydrogen-bond donors (Lipinski definition) is 1. The summed E-state index contributed by atoms with van der Waals surface area (Å²) in [6.45, 7) is -1.59. The third-order valence-corrected chi connectivity index (χ3v) is 6.25. The first-order valence-electron chi connectivity index (χ1n) is 10.3. The van der Waals surface area contributed by atoms with Gasteiger partial charge in [0.25, 0.3) is 0 Å². The molecule has 34 heavy (non-hydrogen) atoms. The predicted octanol–water partition coefficient (Wildman–Crippen LogP) is 4.21. The molecule has 7 nitrogen and oxygen atoms in total. The van der Waals surface area contributed by atoms with Crippen LogP contribution < -0.4 is 19.5 Å². The van der Waals surface area contributed by atoms with Crippen molar-refractivity contribution in [3.8, 4) is 22.6 Å². The Morgan fingerprint density at radius 2 is 1.88 bits per heavy atom. The number of sulfonamides is 1. The summed E-state index contributed by atoms with van der Waals surface area (Å²) >= 11 is 0. The number of benzene rings is 3. The Balaban J connectivity index is 1.89. The van der Waals surface area contributed by atoms with Crippen molar-refractivity contribution < 1.29 is 31.5 Å². The van der Waals surface area contributed by atoms with Crippen molar-refractivity contribution >= 4 is 21.6 Å². The molecule has 0 saturated heterocycles. The lowest BCUT2D eigenvalue weighted by Gasteiger charge is -2.31. The number of primary sulfonamides is 1. The standard InChI is InChI=1S/C24H22F2N2O5S/c1-14(29)28(2)17-6-3-5-16(12-17)23-19-11-15(13-34(27,30)31)9-10-18(19)22-20(32-23)7-4-8-21(22)33-24(25)26/h3-12,23-24H,13H2,1-2H3,(H2,27,30,31). The van der Waals surface area contributed by atoms with Gasteiger partial charge in [-0.1, -0.05) is 36.4 Å². The molecule has 10 heteroatoms. The van der Waals surface area contributed by atoms with Gasteiger partial charge in [0.1, 0.15) is 17.6 Å². The molecule has 0 radical (unpaired) electrons. The number of nitrogens with two attached hydrogens (primary N) is 1. The summed E-state index contributed by atoms with van der Waals surface area (Å²) in [6, 6.07) is 16.6. The number of alkyl halides is 2. The Kier molecular flexibility index (Phi) is 6.28. The van der Waals surface area contributed by atoms with Gasteiger partial charge < -0.3 is 14.4 Å². The van der Waals surface area contributed by atoms with E-state index < -0.39 is 28.5 Å². The molecule has 0 aromatic heterocycles. The molecular formula is C24H22F2N2O5S. The van der Waals surface area contributed by atoms with Gasteiger partial charge in [0.2, 0.25) is 15.9 Å². The van der Waals surface area contributed by atoms with Gasteiger partial charge in [0, 0.05) is 25.2 Å². The zero-order valence-electron chi connectivity index (χ0n) is 18.4. The Hall–Kier alpha value is -3.50. The molecule has 0 saturated carbocycles. The molecule has 0 fully saturated rings. The van der Waals surface area contributed by atoms with Crippen LogP contribution in [-0.4, -0.2) is 28.0 Å². The van der Waals surface area contributed by atoms with E-state index >= 15 is 0 Å². The van der Waals surface area contributed by atoms with Crippen LogP contribution in [0.2, 0.25) is 0 Å². The van der Waals surface area contributed by atoms with E-state index in [1.165, 1.54) is 17.9 Å². The van der Waals surface area contributed by atoms with Crippen LogP contribution in [0.1, 0.15) is 29.7 Å². The minimum Gasteiger partial charge on any atom is -0.480 e. The molecule has 1 aliphatic rings. The van der Waals surface area contributed by atoms with Crippen LogP contribution in [0.5, 0.6) is 11.5 Å². The molecule has 0 bridgehead atoms. The van der Waals surface area contributed by atoms with E-state index in [-0.39, 0.29) is 11.7 Å². The minimum absolute atomic E-state index is 0.0588. The zero-order chi connectivity index (χ0) is 24.6. The summed E-state index contributed by atoms with van der Waals surface area (Å²) in [5, 5.41) is 5.23. The SMILES string of the molecule is CC(=O)N(C)c1cccc(C2Oc3cccc(OC(F)F)c3-c3ccc(CS(N)(=O)=O)cc32)c1. The highest BCUT2D eigenvalue weighted by Crippen LogP contribution is 2.49. The van der Waals surface area contributed by atoms with Crippen molar-refractivity contribution in [2.75, 3.05) is 11.9 Å². The monoisotopic (exact) mass is 488 g/mol. The molecule has 4 rings (SSSR count). The number of carbonyl (C=O) groups excluding carboxylic acids is 1. The van der Waals surface area contributed by atoms with E-state index in [2.05, 4.69) is 0 Å². The minimum atomic E-state index is -3.81. The first-order chi connectivity index (χ1) is 16.0. The summed E-state index contributed by atoms with van der Waals surface area (Å²) in [4.78, 5) is 13.3. The van der Waals surface area contributed by atoms with Crippen LogP contribution in [0.3, 0.4) is 0 Å². The number of rotatable bonds is 6. The lowest BCUT2D eigenvalue weighted by Crippen LogP contribution is -2.23. The van der Waals surface area contributed by atoms with Crippen LogP contribution >= 0.6 is 0 Å². The zero-order valence-corrected chi connectivity index (χ0v) is 19.2. The van der Waals surface area contributed by atoms with Crippen LogP contribution in [0.25, 0.3) is 11.1 Å². The first-order valence-corrected chi connectivity index (χ1v) is 12.0. The first kappa shape index (κ1) is 23.7. The van der Waals surface area contributed by atoms with E-state index in [0.29, 0.717) is 39.3 Å². The van der Waals surface area contributed by atoms with Crippen LogP contribution in [0.15, 0.2) is 60.7 Å². The molecule has 0 spiro atoms. The second-order valence-electron chi connectivity index (χ2n) is 7.91. The molecule has 1 heterocycles. The van der Waals surface area contributed by atoms with Crippen LogP contribution in [-0.2, 0) is 20.6 Å². The lowest BCUT2D eigenvalue weighted by atomic mass is 9.88. The quantitative estimate of drug-likeness (QED) is 0.561. The third-order valence-electron chi connectivity index (χ3n) is 5.52. The average Bonchev–Trinajstić information content (AvgIpc) is 2.76. The highest BCUT2D eigenvalue weighted by Gasteiger charge is 2.31. The second kappa shape index (κ2) is 9.03. The second-order valence-corrected chi connectivity index (χ2v) is 9.52. The number of nitrogens with zero attached hydrogens (tertiary/aromatic N) is 1. The van der Waals surface area contributed by atoms with Crippen LogP contribution in [0, 0.1) is 0 Å². The highest BCUT2D eigenvalue weighted by atomic mass is 32.2. The number of amides is 1. The number of anilines is 1. The maximum atomic E-state index is 13.1. The smallest absolute Gasteiger partial charge is 0.387 e. The molecule has 3 aromatic rings.